The van der Waals surface area contributed by atoms with Crippen molar-refractivity contribution in [2.45, 2.75) is 6.10 Å². The molecule has 0 fully saturated rings. The number of rotatable bonds is 2. The smallest absolute Gasteiger partial charge is 0.142 e. The SMILES string of the molecule is OC(c1ccccc1)c1c(F)ccc(F)c1Cl. The molecule has 0 spiro atoms. The van der Waals surface area contributed by atoms with Crippen molar-refractivity contribution in [3.8, 4) is 0 Å². The second kappa shape index (κ2) is 4.82. The van der Waals surface area contributed by atoms with Gasteiger partial charge in [0, 0.05) is 5.56 Å². The Bertz CT molecular complexity index is 528. The number of aliphatic hydroxyl groups excluding tert-OH is 1. The van der Waals surface area contributed by atoms with Crippen LogP contribution in [0.1, 0.15) is 17.2 Å². The zero-order valence-corrected chi connectivity index (χ0v) is 9.46. The van der Waals surface area contributed by atoms with E-state index >= 15 is 0 Å². The third-order valence-electron chi connectivity index (χ3n) is 2.47. The second-order valence-corrected chi connectivity index (χ2v) is 3.95. The Morgan fingerprint density at radius 3 is 2.18 bits per heavy atom. The van der Waals surface area contributed by atoms with E-state index in [2.05, 4.69) is 0 Å². The van der Waals surface area contributed by atoms with Gasteiger partial charge >= 0.3 is 0 Å². The van der Waals surface area contributed by atoms with Crippen molar-refractivity contribution in [1.82, 2.24) is 0 Å². The molecule has 0 saturated heterocycles. The fourth-order valence-electron chi connectivity index (χ4n) is 1.60. The van der Waals surface area contributed by atoms with Crippen LogP contribution < -0.4 is 0 Å². The molecule has 17 heavy (non-hydrogen) atoms. The van der Waals surface area contributed by atoms with Crippen LogP contribution in [0.15, 0.2) is 42.5 Å². The fourth-order valence-corrected chi connectivity index (χ4v) is 1.85. The minimum atomic E-state index is -1.28. The monoisotopic (exact) mass is 254 g/mol. The Kier molecular flexibility index (Phi) is 3.41. The lowest BCUT2D eigenvalue weighted by molar-refractivity contribution is 0.214. The molecule has 88 valence electrons. The molecule has 1 unspecified atom stereocenters. The predicted molar refractivity (Wildman–Crippen MR) is 61.9 cm³/mol. The molecule has 0 heterocycles. The van der Waals surface area contributed by atoms with Crippen molar-refractivity contribution in [2.75, 3.05) is 0 Å². The van der Waals surface area contributed by atoms with Crippen molar-refractivity contribution in [3.63, 3.8) is 0 Å². The average molecular weight is 255 g/mol. The van der Waals surface area contributed by atoms with Gasteiger partial charge in [0.05, 0.1) is 5.02 Å². The van der Waals surface area contributed by atoms with Crippen LogP contribution in [-0.4, -0.2) is 5.11 Å². The maximum Gasteiger partial charge on any atom is 0.142 e. The minimum Gasteiger partial charge on any atom is -0.383 e. The van der Waals surface area contributed by atoms with E-state index in [1.165, 1.54) is 0 Å². The van der Waals surface area contributed by atoms with Crippen molar-refractivity contribution in [3.05, 3.63) is 70.2 Å². The first kappa shape index (κ1) is 12.0. The van der Waals surface area contributed by atoms with Crippen LogP contribution >= 0.6 is 11.6 Å². The molecular weight excluding hydrogens is 246 g/mol. The summed E-state index contributed by atoms with van der Waals surface area (Å²) in [6, 6.07) is 10.3. The van der Waals surface area contributed by atoms with Gasteiger partial charge in [0.1, 0.15) is 17.7 Å². The summed E-state index contributed by atoms with van der Waals surface area (Å²) in [4.78, 5) is 0. The van der Waals surface area contributed by atoms with Gasteiger partial charge in [-0.15, -0.1) is 0 Å². The molecule has 0 aliphatic carbocycles. The number of halogens is 3. The maximum absolute atomic E-state index is 13.6. The number of benzene rings is 2. The van der Waals surface area contributed by atoms with Crippen LogP contribution in [0.2, 0.25) is 5.02 Å². The summed E-state index contributed by atoms with van der Waals surface area (Å²) < 4.78 is 26.8. The van der Waals surface area contributed by atoms with Crippen molar-refractivity contribution < 1.29 is 13.9 Å². The Balaban J connectivity index is 2.51. The highest BCUT2D eigenvalue weighted by Gasteiger charge is 2.20. The lowest BCUT2D eigenvalue weighted by atomic mass is 10.0. The van der Waals surface area contributed by atoms with E-state index in [1.54, 1.807) is 30.3 Å². The summed E-state index contributed by atoms with van der Waals surface area (Å²) in [6.07, 6.45) is -1.28. The van der Waals surface area contributed by atoms with E-state index < -0.39 is 17.7 Å². The maximum atomic E-state index is 13.6. The molecule has 2 aromatic carbocycles. The summed E-state index contributed by atoms with van der Waals surface area (Å²) in [5.74, 6) is -1.48. The zero-order valence-electron chi connectivity index (χ0n) is 8.70. The number of aliphatic hydroxyl groups is 1. The van der Waals surface area contributed by atoms with Gasteiger partial charge in [0.2, 0.25) is 0 Å². The molecule has 0 saturated carbocycles. The Morgan fingerprint density at radius 2 is 1.53 bits per heavy atom. The molecule has 4 heteroatoms. The van der Waals surface area contributed by atoms with Crippen LogP contribution in [0.4, 0.5) is 8.78 Å². The Labute approximate surface area is 102 Å². The normalized spacial score (nSPS) is 12.5. The van der Waals surface area contributed by atoms with Crippen LogP contribution in [0.5, 0.6) is 0 Å². The molecule has 1 nitrogen and oxygen atoms in total. The minimum absolute atomic E-state index is 0.238. The summed E-state index contributed by atoms with van der Waals surface area (Å²) in [5.41, 5.74) is 0.219. The van der Waals surface area contributed by atoms with Crippen LogP contribution in [0.3, 0.4) is 0 Å². The van der Waals surface area contributed by atoms with Gasteiger partial charge in [-0.25, -0.2) is 8.78 Å². The Hall–Kier alpha value is -1.45. The summed E-state index contributed by atoms with van der Waals surface area (Å²) in [5, 5.41) is 9.60. The standard InChI is InChI=1S/C13H9ClF2O/c14-12-10(16)7-6-9(15)11(12)13(17)8-4-2-1-3-5-8/h1-7,13,17H. The molecule has 0 aromatic heterocycles. The largest absolute Gasteiger partial charge is 0.383 e. The molecule has 2 rings (SSSR count). The summed E-state index contributed by atoms with van der Waals surface area (Å²) in [7, 11) is 0. The molecular formula is C13H9ClF2O. The van der Waals surface area contributed by atoms with Crippen molar-refractivity contribution in [2.24, 2.45) is 0 Å². The quantitative estimate of drug-likeness (QED) is 0.810. The third-order valence-corrected chi connectivity index (χ3v) is 2.85. The lowest BCUT2D eigenvalue weighted by Crippen LogP contribution is -2.04. The van der Waals surface area contributed by atoms with Gasteiger partial charge < -0.3 is 5.11 Å². The van der Waals surface area contributed by atoms with E-state index in [4.69, 9.17) is 11.6 Å². The van der Waals surface area contributed by atoms with Crippen LogP contribution in [-0.2, 0) is 0 Å². The van der Waals surface area contributed by atoms with Crippen LogP contribution in [0, 0.1) is 11.6 Å². The van der Waals surface area contributed by atoms with Gasteiger partial charge in [-0.3, -0.25) is 0 Å². The van der Waals surface area contributed by atoms with Gasteiger partial charge in [-0.1, -0.05) is 41.9 Å². The van der Waals surface area contributed by atoms with Gasteiger partial charge in [0.25, 0.3) is 0 Å². The van der Waals surface area contributed by atoms with Gasteiger partial charge in [-0.05, 0) is 17.7 Å². The van der Waals surface area contributed by atoms with E-state index in [0.717, 1.165) is 12.1 Å². The molecule has 0 aliphatic rings. The van der Waals surface area contributed by atoms with E-state index in [0.29, 0.717) is 5.56 Å². The fraction of sp³-hybridized carbons (Fsp3) is 0.0769. The van der Waals surface area contributed by atoms with Gasteiger partial charge in [0.15, 0.2) is 0 Å². The Morgan fingerprint density at radius 1 is 0.941 bits per heavy atom. The van der Waals surface area contributed by atoms with Crippen molar-refractivity contribution in [1.29, 1.82) is 0 Å². The lowest BCUT2D eigenvalue weighted by Gasteiger charge is -2.14. The molecule has 1 atom stereocenters. The molecule has 0 amide bonds. The number of hydrogen-bond acceptors (Lipinski definition) is 1. The summed E-state index contributed by atoms with van der Waals surface area (Å²) in [6.45, 7) is 0. The van der Waals surface area contributed by atoms with Crippen LogP contribution in [0.25, 0.3) is 0 Å². The topological polar surface area (TPSA) is 20.2 Å². The molecule has 0 radical (unpaired) electrons. The van der Waals surface area contributed by atoms with Crippen molar-refractivity contribution >= 4 is 11.6 Å². The molecule has 1 N–H and O–H groups in total. The average Bonchev–Trinajstić information content (AvgIpc) is 2.35. The molecule has 0 bridgehead atoms. The molecule has 2 aromatic rings. The first-order chi connectivity index (χ1) is 8.11. The highest BCUT2D eigenvalue weighted by molar-refractivity contribution is 6.31. The van der Waals surface area contributed by atoms with E-state index in [9.17, 15) is 13.9 Å². The van der Waals surface area contributed by atoms with E-state index in [-0.39, 0.29) is 10.6 Å². The molecule has 0 aliphatic heterocycles. The number of hydrogen-bond donors (Lipinski definition) is 1. The summed E-state index contributed by atoms with van der Waals surface area (Å²) >= 11 is 5.67. The predicted octanol–water partition coefficient (Wildman–Crippen LogP) is 3.70. The highest BCUT2D eigenvalue weighted by atomic mass is 35.5. The zero-order chi connectivity index (χ0) is 12.4. The van der Waals surface area contributed by atoms with Gasteiger partial charge in [-0.2, -0.15) is 0 Å². The van der Waals surface area contributed by atoms with E-state index in [1.807, 2.05) is 0 Å². The second-order valence-electron chi connectivity index (χ2n) is 3.57. The first-order valence-corrected chi connectivity index (χ1v) is 5.35. The first-order valence-electron chi connectivity index (χ1n) is 4.97. The third kappa shape index (κ3) is 2.30. The highest BCUT2D eigenvalue weighted by Crippen LogP contribution is 2.32.